The molecule has 0 unspecified atom stereocenters. The summed E-state index contributed by atoms with van der Waals surface area (Å²) in [6.45, 7) is 4.03. The summed E-state index contributed by atoms with van der Waals surface area (Å²) >= 11 is 0. The van der Waals surface area contributed by atoms with Gasteiger partial charge in [-0.25, -0.2) is 4.39 Å². The van der Waals surface area contributed by atoms with Gasteiger partial charge in [0, 0.05) is 24.7 Å². The summed E-state index contributed by atoms with van der Waals surface area (Å²) in [5.41, 5.74) is 0.932. The first kappa shape index (κ1) is 17.8. The standard InChI is InChI=1S/C19H22FNO3/c1-13(2)24-17-10-9-14(11-18(17)23-4)19(22)21(3)12-15-7-5-6-8-16(15)20/h5-11,13H,12H2,1-4H3. The smallest absolute Gasteiger partial charge is 0.254 e. The number of hydrogen-bond acceptors (Lipinski definition) is 3. The Bertz CT molecular complexity index is 716. The van der Waals surface area contributed by atoms with Crippen LogP contribution < -0.4 is 9.47 Å². The second-order valence-electron chi connectivity index (χ2n) is 5.78. The molecule has 0 fully saturated rings. The molecule has 0 N–H and O–H groups in total. The molecule has 0 saturated heterocycles. The van der Waals surface area contributed by atoms with E-state index in [1.807, 2.05) is 13.8 Å². The van der Waals surface area contributed by atoms with Gasteiger partial charge in [-0.1, -0.05) is 18.2 Å². The van der Waals surface area contributed by atoms with E-state index in [9.17, 15) is 9.18 Å². The first-order valence-electron chi connectivity index (χ1n) is 7.76. The SMILES string of the molecule is COc1cc(C(=O)N(C)Cc2ccccc2F)ccc1OC(C)C. The number of rotatable bonds is 6. The van der Waals surface area contributed by atoms with Crippen molar-refractivity contribution < 1.29 is 18.7 Å². The van der Waals surface area contributed by atoms with Gasteiger partial charge in [0.05, 0.1) is 13.2 Å². The van der Waals surface area contributed by atoms with E-state index in [2.05, 4.69) is 0 Å². The molecule has 0 spiro atoms. The lowest BCUT2D eigenvalue weighted by atomic mass is 10.1. The molecule has 5 heteroatoms. The van der Waals surface area contributed by atoms with Gasteiger partial charge in [0.2, 0.25) is 0 Å². The molecular formula is C19H22FNO3. The number of benzene rings is 2. The van der Waals surface area contributed by atoms with Crippen LogP contribution in [0.15, 0.2) is 42.5 Å². The van der Waals surface area contributed by atoms with E-state index in [0.29, 0.717) is 22.6 Å². The maximum atomic E-state index is 13.7. The molecule has 0 aliphatic heterocycles. The molecule has 0 aliphatic carbocycles. The van der Waals surface area contributed by atoms with Gasteiger partial charge in [-0.05, 0) is 38.1 Å². The van der Waals surface area contributed by atoms with Crippen molar-refractivity contribution in [3.8, 4) is 11.5 Å². The lowest BCUT2D eigenvalue weighted by Gasteiger charge is -2.19. The highest BCUT2D eigenvalue weighted by Gasteiger charge is 2.16. The molecular weight excluding hydrogens is 309 g/mol. The second kappa shape index (κ2) is 7.81. The second-order valence-corrected chi connectivity index (χ2v) is 5.78. The van der Waals surface area contributed by atoms with Gasteiger partial charge in [0.25, 0.3) is 5.91 Å². The van der Waals surface area contributed by atoms with E-state index in [-0.39, 0.29) is 24.4 Å². The molecule has 2 aromatic carbocycles. The summed E-state index contributed by atoms with van der Waals surface area (Å²) in [5, 5.41) is 0. The quantitative estimate of drug-likeness (QED) is 0.806. The Morgan fingerprint density at radius 2 is 1.88 bits per heavy atom. The molecule has 2 rings (SSSR count). The highest BCUT2D eigenvalue weighted by molar-refractivity contribution is 5.94. The highest BCUT2D eigenvalue weighted by atomic mass is 19.1. The van der Waals surface area contributed by atoms with Crippen LogP contribution in [-0.4, -0.2) is 31.1 Å². The number of nitrogens with zero attached hydrogens (tertiary/aromatic N) is 1. The predicted octanol–water partition coefficient (Wildman–Crippen LogP) is 3.89. The van der Waals surface area contributed by atoms with Crippen molar-refractivity contribution in [3.05, 3.63) is 59.4 Å². The number of carbonyl (C=O) groups is 1. The zero-order valence-electron chi connectivity index (χ0n) is 14.4. The minimum Gasteiger partial charge on any atom is -0.493 e. The van der Waals surface area contributed by atoms with Crippen LogP contribution in [0, 0.1) is 5.82 Å². The summed E-state index contributed by atoms with van der Waals surface area (Å²) in [6.07, 6.45) is 0.00387. The first-order valence-corrected chi connectivity index (χ1v) is 7.76. The fraction of sp³-hybridized carbons (Fsp3) is 0.316. The molecule has 0 saturated carbocycles. The van der Waals surface area contributed by atoms with Gasteiger partial charge in [-0.15, -0.1) is 0 Å². The number of halogens is 1. The lowest BCUT2D eigenvalue weighted by molar-refractivity contribution is 0.0783. The third kappa shape index (κ3) is 4.25. The maximum absolute atomic E-state index is 13.7. The van der Waals surface area contributed by atoms with Gasteiger partial charge >= 0.3 is 0 Å². The molecule has 0 atom stereocenters. The van der Waals surface area contributed by atoms with E-state index >= 15 is 0 Å². The van der Waals surface area contributed by atoms with Crippen LogP contribution in [0.2, 0.25) is 0 Å². The molecule has 0 heterocycles. The number of carbonyl (C=O) groups excluding carboxylic acids is 1. The molecule has 1 amide bonds. The molecule has 0 aromatic heterocycles. The topological polar surface area (TPSA) is 38.8 Å². The van der Waals surface area contributed by atoms with Gasteiger partial charge in [0.1, 0.15) is 5.82 Å². The largest absolute Gasteiger partial charge is 0.493 e. The normalized spacial score (nSPS) is 10.6. The molecule has 0 radical (unpaired) electrons. The zero-order valence-corrected chi connectivity index (χ0v) is 14.4. The third-order valence-corrected chi connectivity index (χ3v) is 3.49. The van der Waals surface area contributed by atoms with Crippen molar-refractivity contribution in [2.24, 2.45) is 0 Å². The molecule has 0 aliphatic rings. The molecule has 128 valence electrons. The van der Waals surface area contributed by atoms with Crippen LogP contribution >= 0.6 is 0 Å². The fourth-order valence-corrected chi connectivity index (χ4v) is 2.33. The minimum atomic E-state index is -0.324. The molecule has 4 nitrogen and oxygen atoms in total. The van der Waals surface area contributed by atoms with Crippen LogP contribution in [0.25, 0.3) is 0 Å². The van der Waals surface area contributed by atoms with Crippen molar-refractivity contribution in [1.29, 1.82) is 0 Å². The Labute approximate surface area is 141 Å². The van der Waals surface area contributed by atoms with E-state index in [0.717, 1.165) is 0 Å². The van der Waals surface area contributed by atoms with Crippen molar-refractivity contribution >= 4 is 5.91 Å². The van der Waals surface area contributed by atoms with Crippen LogP contribution in [0.4, 0.5) is 4.39 Å². The summed E-state index contributed by atoms with van der Waals surface area (Å²) in [4.78, 5) is 14.0. The number of hydrogen-bond donors (Lipinski definition) is 0. The molecule has 2 aromatic rings. The summed E-state index contributed by atoms with van der Waals surface area (Å²) < 4.78 is 24.7. The van der Waals surface area contributed by atoms with E-state index in [1.54, 1.807) is 43.4 Å². The van der Waals surface area contributed by atoms with Gasteiger partial charge in [0.15, 0.2) is 11.5 Å². The monoisotopic (exact) mass is 331 g/mol. The van der Waals surface area contributed by atoms with E-state index in [1.165, 1.54) is 18.1 Å². The van der Waals surface area contributed by atoms with Crippen LogP contribution in [0.5, 0.6) is 11.5 Å². The maximum Gasteiger partial charge on any atom is 0.254 e. The molecule has 24 heavy (non-hydrogen) atoms. The Morgan fingerprint density at radius 3 is 2.50 bits per heavy atom. The Hall–Kier alpha value is -2.56. The average molecular weight is 331 g/mol. The summed E-state index contributed by atoms with van der Waals surface area (Å²) in [5.74, 6) is 0.540. The van der Waals surface area contributed by atoms with Crippen LogP contribution in [-0.2, 0) is 6.54 Å². The number of ether oxygens (including phenoxy) is 2. The van der Waals surface area contributed by atoms with Crippen molar-refractivity contribution in [1.82, 2.24) is 4.90 Å². The van der Waals surface area contributed by atoms with Crippen molar-refractivity contribution in [3.63, 3.8) is 0 Å². The Kier molecular flexibility index (Phi) is 5.79. The van der Waals surface area contributed by atoms with Crippen molar-refractivity contribution in [2.45, 2.75) is 26.5 Å². The summed E-state index contributed by atoms with van der Waals surface area (Å²) in [7, 11) is 3.17. The van der Waals surface area contributed by atoms with E-state index < -0.39 is 0 Å². The lowest BCUT2D eigenvalue weighted by Crippen LogP contribution is -2.26. The predicted molar refractivity (Wildman–Crippen MR) is 91.0 cm³/mol. The Balaban J connectivity index is 2.18. The minimum absolute atomic E-state index is 0.00387. The van der Waals surface area contributed by atoms with Gasteiger partial charge < -0.3 is 14.4 Å². The van der Waals surface area contributed by atoms with Crippen LogP contribution in [0.3, 0.4) is 0 Å². The number of methoxy groups -OCH3 is 1. The zero-order chi connectivity index (χ0) is 17.7. The average Bonchev–Trinajstić information content (AvgIpc) is 2.56. The van der Waals surface area contributed by atoms with Gasteiger partial charge in [-0.2, -0.15) is 0 Å². The molecule has 0 bridgehead atoms. The van der Waals surface area contributed by atoms with Crippen LogP contribution in [0.1, 0.15) is 29.8 Å². The highest BCUT2D eigenvalue weighted by Crippen LogP contribution is 2.29. The third-order valence-electron chi connectivity index (χ3n) is 3.49. The van der Waals surface area contributed by atoms with Gasteiger partial charge in [-0.3, -0.25) is 4.79 Å². The summed E-state index contributed by atoms with van der Waals surface area (Å²) in [6, 6.07) is 11.5. The fourth-order valence-electron chi connectivity index (χ4n) is 2.33. The van der Waals surface area contributed by atoms with E-state index in [4.69, 9.17) is 9.47 Å². The number of amides is 1. The first-order chi connectivity index (χ1) is 11.4. The Morgan fingerprint density at radius 1 is 1.17 bits per heavy atom. The van der Waals surface area contributed by atoms with Crippen molar-refractivity contribution in [2.75, 3.05) is 14.2 Å².